The summed E-state index contributed by atoms with van der Waals surface area (Å²) in [6.07, 6.45) is 2.23. The molecule has 3 heteroatoms. The van der Waals surface area contributed by atoms with Crippen LogP contribution < -0.4 is 5.32 Å². The standard InChI is InChI=1S/C13H17NO2/c1-10-3-5-11(6-4-10)9-13(12(15)16)7-2-8-14-13/h3-6,14H,2,7-9H2,1H3,(H,15,16). The van der Waals surface area contributed by atoms with Crippen molar-refractivity contribution in [2.45, 2.75) is 31.7 Å². The first-order chi connectivity index (χ1) is 7.62. The van der Waals surface area contributed by atoms with Gasteiger partial charge in [0.05, 0.1) is 0 Å². The first kappa shape index (κ1) is 11.1. The predicted molar refractivity (Wildman–Crippen MR) is 62.5 cm³/mol. The highest BCUT2D eigenvalue weighted by Gasteiger charge is 2.40. The van der Waals surface area contributed by atoms with Gasteiger partial charge in [0.1, 0.15) is 5.54 Å². The van der Waals surface area contributed by atoms with Gasteiger partial charge < -0.3 is 10.4 Å². The fraction of sp³-hybridized carbons (Fsp3) is 0.462. The summed E-state index contributed by atoms with van der Waals surface area (Å²) < 4.78 is 0. The van der Waals surface area contributed by atoms with Gasteiger partial charge in [-0.05, 0) is 31.9 Å². The molecule has 0 radical (unpaired) electrons. The molecule has 1 heterocycles. The minimum atomic E-state index is -0.741. The third-order valence-corrected chi connectivity index (χ3v) is 3.28. The lowest BCUT2D eigenvalue weighted by molar-refractivity contribution is -0.144. The van der Waals surface area contributed by atoms with Crippen molar-refractivity contribution in [1.29, 1.82) is 0 Å². The zero-order chi connectivity index (χ0) is 11.6. The van der Waals surface area contributed by atoms with E-state index in [9.17, 15) is 9.90 Å². The zero-order valence-electron chi connectivity index (χ0n) is 9.49. The number of hydrogen-bond acceptors (Lipinski definition) is 2. The van der Waals surface area contributed by atoms with E-state index < -0.39 is 11.5 Å². The van der Waals surface area contributed by atoms with Gasteiger partial charge in [-0.2, -0.15) is 0 Å². The molecule has 1 saturated heterocycles. The summed E-state index contributed by atoms with van der Waals surface area (Å²) in [5, 5.41) is 12.5. The van der Waals surface area contributed by atoms with E-state index in [-0.39, 0.29) is 0 Å². The van der Waals surface area contributed by atoms with Crippen molar-refractivity contribution in [2.75, 3.05) is 6.54 Å². The Balaban J connectivity index is 2.18. The molecule has 0 aliphatic carbocycles. The molecule has 0 aromatic heterocycles. The molecular weight excluding hydrogens is 202 g/mol. The molecule has 1 aromatic carbocycles. The third-order valence-electron chi connectivity index (χ3n) is 3.28. The summed E-state index contributed by atoms with van der Waals surface area (Å²) >= 11 is 0. The average Bonchev–Trinajstić information content (AvgIpc) is 2.71. The molecule has 16 heavy (non-hydrogen) atoms. The second kappa shape index (κ2) is 4.26. The van der Waals surface area contributed by atoms with Crippen molar-refractivity contribution in [3.63, 3.8) is 0 Å². The first-order valence-electron chi connectivity index (χ1n) is 5.66. The van der Waals surface area contributed by atoms with Crippen LogP contribution in [0.3, 0.4) is 0 Å². The summed E-state index contributed by atoms with van der Waals surface area (Å²) in [4.78, 5) is 11.3. The van der Waals surface area contributed by atoms with Gasteiger partial charge >= 0.3 is 5.97 Å². The maximum absolute atomic E-state index is 11.3. The molecule has 2 N–H and O–H groups in total. The van der Waals surface area contributed by atoms with E-state index in [1.807, 2.05) is 31.2 Å². The van der Waals surface area contributed by atoms with Crippen LogP contribution in [-0.4, -0.2) is 23.2 Å². The van der Waals surface area contributed by atoms with Gasteiger partial charge in [0.15, 0.2) is 0 Å². The van der Waals surface area contributed by atoms with Crippen LogP contribution in [0.25, 0.3) is 0 Å². The molecule has 1 atom stereocenters. The molecule has 3 nitrogen and oxygen atoms in total. The molecule has 0 bridgehead atoms. The molecule has 1 fully saturated rings. The van der Waals surface area contributed by atoms with Crippen molar-refractivity contribution in [1.82, 2.24) is 5.32 Å². The maximum atomic E-state index is 11.3. The summed E-state index contributed by atoms with van der Waals surface area (Å²) in [6.45, 7) is 2.84. The van der Waals surface area contributed by atoms with Gasteiger partial charge in [-0.3, -0.25) is 4.79 Å². The van der Waals surface area contributed by atoms with Crippen LogP contribution in [0.5, 0.6) is 0 Å². The number of carbonyl (C=O) groups is 1. The summed E-state index contributed by atoms with van der Waals surface area (Å²) in [6, 6.07) is 8.08. The fourth-order valence-corrected chi connectivity index (χ4v) is 2.27. The zero-order valence-corrected chi connectivity index (χ0v) is 9.49. The number of carboxylic acid groups (broad SMARTS) is 1. The van der Waals surface area contributed by atoms with Crippen LogP contribution >= 0.6 is 0 Å². The third kappa shape index (κ3) is 2.09. The lowest BCUT2D eigenvalue weighted by atomic mass is 9.89. The lowest BCUT2D eigenvalue weighted by Crippen LogP contribution is -2.49. The van der Waals surface area contributed by atoms with Crippen molar-refractivity contribution in [2.24, 2.45) is 0 Å². The van der Waals surface area contributed by atoms with Gasteiger partial charge in [-0.15, -0.1) is 0 Å². The fourth-order valence-electron chi connectivity index (χ4n) is 2.27. The highest BCUT2D eigenvalue weighted by atomic mass is 16.4. The number of nitrogens with one attached hydrogen (secondary N) is 1. The van der Waals surface area contributed by atoms with E-state index in [2.05, 4.69) is 5.32 Å². The minimum Gasteiger partial charge on any atom is -0.480 e. The van der Waals surface area contributed by atoms with Crippen molar-refractivity contribution in [3.05, 3.63) is 35.4 Å². The smallest absolute Gasteiger partial charge is 0.324 e. The highest BCUT2D eigenvalue weighted by molar-refractivity contribution is 5.79. The molecule has 1 unspecified atom stereocenters. The van der Waals surface area contributed by atoms with Crippen LogP contribution in [-0.2, 0) is 11.2 Å². The predicted octanol–water partition coefficient (Wildman–Crippen LogP) is 1.74. The second-order valence-electron chi connectivity index (χ2n) is 4.58. The van der Waals surface area contributed by atoms with Crippen molar-refractivity contribution in [3.8, 4) is 0 Å². The Kier molecular flexibility index (Phi) is 2.97. The molecule has 1 aliphatic rings. The van der Waals surface area contributed by atoms with E-state index in [0.717, 1.165) is 24.9 Å². The van der Waals surface area contributed by atoms with E-state index in [4.69, 9.17) is 0 Å². The first-order valence-corrected chi connectivity index (χ1v) is 5.66. The van der Waals surface area contributed by atoms with E-state index >= 15 is 0 Å². The van der Waals surface area contributed by atoms with Gasteiger partial charge in [0.25, 0.3) is 0 Å². The van der Waals surface area contributed by atoms with Crippen LogP contribution in [0.15, 0.2) is 24.3 Å². The Hall–Kier alpha value is -1.35. The monoisotopic (exact) mass is 219 g/mol. The van der Waals surface area contributed by atoms with Crippen LogP contribution in [0.1, 0.15) is 24.0 Å². The maximum Gasteiger partial charge on any atom is 0.324 e. The highest BCUT2D eigenvalue weighted by Crippen LogP contribution is 2.24. The quantitative estimate of drug-likeness (QED) is 0.814. The molecule has 2 rings (SSSR count). The van der Waals surface area contributed by atoms with E-state index in [1.54, 1.807) is 0 Å². The minimum absolute atomic E-state index is 0.572. The number of carboxylic acids is 1. The Morgan fingerprint density at radius 1 is 1.44 bits per heavy atom. The summed E-state index contributed by atoms with van der Waals surface area (Å²) in [5.74, 6) is -0.731. The number of hydrogen-bond donors (Lipinski definition) is 2. The topological polar surface area (TPSA) is 49.3 Å². The normalized spacial score (nSPS) is 24.6. The van der Waals surface area contributed by atoms with Crippen LogP contribution in [0, 0.1) is 6.92 Å². The van der Waals surface area contributed by atoms with Crippen LogP contribution in [0.2, 0.25) is 0 Å². The van der Waals surface area contributed by atoms with Crippen molar-refractivity contribution < 1.29 is 9.90 Å². The van der Waals surface area contributed by atoms with E-state index in [0.29, 0.717) is 6.42 Å². The molecule has 0 saturated carbocycles. The molecule has 1 aliphatic heterocycles. The molecular formula is C13H17NO2. The van der Waals surface area contributed by atoms with Gasteiger partial charge in [-0.25, -0.2) is 0 Å². The number of benzene rings is 1. The number of aliphatic carboxylic acids is 1. The van der Waals surface area contributed by atoms with E-state index in [1.165, 1.54) is 5.56 Å². The average molecular weight is 219 g/mol. The molecule has 86 valence electrons. The van der Waals surface area contributed by atoms with Gasteiger partial charge in [-0.1, -0.05) is 29.8 Å². The lowest BCUT2D eigenvalue weighted by Gasteiger charge is -2.24. The Bertz CT molecular complexity index is 377. The molecule has 0 amide bonds. The van der Waals surface area contributed by atoms with Gasteiger partial charge in [0, 0.05) is 6.42 Å². The summed E-state index contributed by atoms with van der Waals surface area (Å²) in [5.41, 5.74) is 1.55. The Morgan fingerprint density at radius 3 is 2.62 bits per heavy atom. The second-order valence-corrected chi connectivity index (χ2v) is 4.58. The summed E-state index contributed by atoms with van der Waals surface area (Å²) in [7, 11) is 0. The number of rotatable bonds is 3. The van der Waals surface area contributed by atoms with Crippen molar-refractivity contribution >= 4 is 5.97 Å². The van der Waals surface area contributed by atoms with Crippen LogP contribution in [0.4, 0.5) is 0 Å². The molecule has 1 aromatic rings. The SMILES string of the molecule is Cc1ccc(CC2(C(=O)O)CCCN2)cc1. The Morgan fingerprint density at radius 2 is 2.12 bits per heavy atom. The largest absolute Gasteiger partial charge is 0.480 e. The molecule has 0 spiro atoms. The van der Waals surface area contributed by atoms with Gasteiger partial charge in [0.2, 0.25) is 0 Å². The number of aryl methyl sites for hydroxylation is 1. The Labute approximate surface area is 95.5 Å².